The minimum Gasteiger partial charge on any atom is -0.504 e. The number of thiazole rings is 1. The van der Waals surface area contributed by atoms with Crippen molar-refractivity contribution in [2.75, 3.05) is 19.0 Å². The Hall–Kier alpha value is -2.02. The first-order valence-corrected chi connectivity index (χ1v) is 11.1. The van der Waals surface area contributed by atoms with Gasteiger partial charge in [0, 0.05) is 12.5 Å². The molecular weight excluding hydrogens is 385 g/mol. The lowest BCUT2D eigenvalue weighted by molar-refractivity contribution is 0.367. The first-order chi connectivity index (χ1) is 12.7. The molecule has 0 saturated carbocycles. The van der Waals surface area contributed by atoms with Crippen molar-refractivity contribution in [3.63, 3.8) is 0 Å². The molecule has 4 N–H and O–H groups in total. The molecular formula is C18H25N3O4PS+. The number of aryl methyl sites for hydroxylation is 2. The maximum atomic E-state index is 11.3. The van der Waals surface area contributed by atoms with Gasteiger partial charge in [-0.3, -0.25) is 4.52 Å². The predicted octanol–water partition coefficient (Wildman–Crippen LogP) is 4.25. The Labute approximate surface area is 163 Å². The molecule has 2 unspecified atom stereocenters. The van der Waals surface area contributed by atoms with Gasteiger partial charge in [0.2, 0.25) is 0 Å². The highest BCUT2D eigenvalue weighted by Crippen LogP contribution is 2.69. The highest BCUT2D eigenvalue weighted by Gasteiger charge is 2.54. The molecule has 1 aromatic carbocycles. The molecule has 2 atom stereocenters. The minimum absolute atomic E-state index is 0.0992. The van der Waals surface area contributed by atoms with E-state index in [2.05, 4.69) is 15.4 Å². The van der Waals surface area contributed by atoms with Gasteiger partial charge in [0.05, 0.1) is 30.6 Å². The molecule has 146 valence electrons. The number of benzene rings is 1. The van der Waals surface area contributed by atoms with Crippen LogP contribution in [0, 0.1) is 13.8 Å². The van der Waals surface area contributed by atoms with Crippen LogP contribution in [0.2, 0.25) is 0 Å². The van der Waals surface area contributed by atoms with Crippen LogP contribution in [0.25, 0.3) is 0 Å². The topological polar surface area (TPSA) is 95.9 Å². The van der Waals surface area contributed by atoms with E-state index in [4.69, 9.17) is 9.26 Å². The lowest BCUT2D eigenvalue weighted by Gasteiger charge is -2.24. The van der Waals surface area contributed by atoms with Crippen molar-refractivity contribution >= 4 is 24.2 Å². The molecule has 0 radical (unpaired) electrons. The van der Waals surface area contributed by atoms with Crippen molar-refractivity contribution in [2.24, 2.45) is 0 Å². The maximum absolute atomic E-state index is 11.3. The Morgan fingerprint density at radius 2 is 2.07 bits per heavy atom. The van der Waals surface area contributed by atoms with Gasteiger partial charge in [-0.1, -0.05) is 0 Å². The summed E-state index contributed by atoms with van der Waals surface area (Å²) in [4.78, 5) is 15.6. The van der Waals surface area contributed by atoms with E-state index >= 15 is 0 Å². The second-order valence-corrected chi connectivity index (χ2v) is 10.0. The molecule has 2 aromatic rings. The number of methoxy groups -OCH3 is 1. The van der Waals surface area contributed by atoms with E-state index in [1.165, 1.54) is 7.11 Å². The molecule has 0 saturated heterocycles. The van der Waals surface area contributed by atoms with Gasteiger partial charge in [-0.2, -0.15) is 4.89 Å². The van der Waals surface area contributed by atoms with Crippen molar-refractivity contribution in [2.45, 2.75) is 33.4 Å². The number of ether oxygens (including phenoxy) is 1. The summed E-state index contributed by atoms with van der Waals surface area (Å²) in [5.41, 5.74) is 1.95. The average molecular weight is 410 g/mol. The molecule has 0 fully saturated rings. The lowest BCUT2D eigenvalue weighted by atomic mass is 10.1. The summed E-state index contributed by atoms with van der Waals surface area (Å²) in [6.07, 6.45) is 1.78. The number of hydrogen-bond acceptors (Lipinski definition) is 8. The number of phenolic OH excluding ortho intramolecular Hbond substituents is 1. The number of hydrogen-bond donors (Lipinski definition) is 4. The van der Waals surface area contributed by atoms with Gasteiger partial charge in [0.1, 0.15) is 5.00 Å². The predicted molar refractivity (Wildman–Crippen MR) is 109 cm³/mol. The Bertz CT molecular complexity index is 869. The van der Waals surface area contributed by atoms with Crippen molar-refractivity contribution in [3.8, 4) is 11.5 Å². The number of anilines is 1. The molecule has 27 heavy (non-hydrogen) atoms. The van der Waals surface area contributed by atoms with E-state index in [-0.39, 0.29) is 11.4 Å². The van der Waals surface area contributed by atoms with E-state index in [0.717, 1.165) is 21.3 Å². The number of phenols is 1. The second kappa shape index (κ2) is 7.54. The highest BCUT2D eigenvalue weighted by molar-refractivity contribution is 7.64. The zero-order chi connectivity index (χ0) is 19.8. The Morgan fingerprint density at radius 1 is 1.33 bits per heavy atom. The molecule has 0 amide bonds. The molecule has 1 aliphatic rings. The maximum Gasteiger partial charge on any atom is 0.422 e. The zero-order valence-electron chi connectivity index (χ0n) is 16.0. The molecule has 2 heterocycles. The Kier molecular flexibility index (Phi) is 5.51. The summed E-state index contributed by atoms with van der Waals surface area (Å²) in [5, 5.41) is 18.6. The third-order valence-corrected chi connectivity index (χ3v) is 7.94. The van der Waals surface area contributed by atoms with E-state index in [1.807, 2.05) is 26.8 Å². The fourth-order valence-corrected chi connectivity index (χ4v) is 6.06. The van der Waals surface area contributed by atoms with Crippen molar-refractivity contribution in [1.29, 1.82) is 0 Å². The molecule has 1 aliphatic heterocycles. The van der Waals surface area contributed by atoms with E-state index in [0.29, 0.717) is 23.6 Å². The second-order valence-electron chi connectivity index (χ2n) is 6.54. The van der Waals surface area contributed by atoms with Crippen molar-refractivity contribution in [3.05, 3.63) is 45.9 Å². The van der Waals surface area contributed by atoms with Crippen LogP contribution in [0.4, 0.5) is 5.00 Å². The molecule has 0 spiro atoms. The molecule has 0 aliphatic carbocycles. The van der Waals surface area contributed by atoms with Crippen molar-refractivity contribution < 1.29 is 19.3 Å². The summed E-state index contributed by atoms with van der Waals surface area (Å²) in [7, 11) is -1.49. The summed E-state index contributed by atoms with van der Waals surface area (Å²) in [6, 6.07) is 3.60. The lowest BCUT2D eigenvalue weighted by Crippen LogP contribution is -2.22. The van der Waals surface area contributed by atoms with Crippen LogP contribution in [0.1, 0.15) is 35.6 Å². The van der Waals surface area contributed by atoms with E-state index < -0.39 is 7.87 Å². The number of allylic oxidation sites excluding steroid dienone is 2. The van der Waals surface area contributed by atoms with Crippen LogP contribution >= 0.6 is 19.2 Å². The Morgan fingerprint density at radius 3 is 2.63 bits per heavy atom. The third-order valence-electron chi connectivity index (χ3n) is 4.54. The van der Waals surface area contributed by atoms with Crippen LogP contribution in [-0.2, 0) is 4.52 Å². The van der Waals surface area contributed by atoms with E-state index in [1.54, 1.807) is 30.5 Å². The largest absolute Gasteiger partial charge is 0.504 e. The van der Waals surface area contributed by atoms with Gasteiger partial charge in [0.25, 0.3) is 0 Å². The smallest absolute Gasteiger partial charge is 0.422 e. The number of nitrogens with zero attached hydrogens (tertiary/aromatic N) is 1. The first-order valence-electron chi connectivity index (χ1n) is 8.54. The quantitative estimate of drug-likeness (QED) is 0.529. The summed E-state index contributed by atoms with van der Waals surface area (Å²) >= 11 is 1.55. The van der Waals surface area contributed by atoms with Crippen LogP contribution < -0.4 is 15.1 Å². The van der Waals surface area contributed by atoms with Gasteiger partial charge in [-0.25, -0.2) is 10.1 Å². The number of aromatic nitrogens is 1. The zero-order valence-corrected chi connectivity index (χ0v) is 17.7. The summed E-state index contributed by atoms with van der Waals surface area (Å²) in [5.74, 6) is 1.16. The average Bonchev–Trinajstić information content (AvgIpc) is 3.13. The van der Waals surface area contributed by atoms with Crippen LogP contribution in [0.3, 0.4) is 0 Å². The number of aromatic hydroxyl groups is 1. The van der Waals surface area contributed by atoms with Crippen LogP contribution in [0.15, 0.2) is 29.8 Å². The molecule has 1 aromatic heterocycles. The number of nitrogens with one attached hydrogen (secondary N) is 2. The minimum atomic E-state index is -3.00. The monoisotopic (exact) mass is 410 g/mol. The normalized spacial score (nSPS) is 20.2. The molecule has 3 rings (SSSR count). The third kappa shape index (κ3) is 3.98. The summed E-state index contributed by atoms with van der Waals surface area (Å²) < 4.78 is 11.2. The molecule has 7 nitrogen and oxygen atoms in total. The van der Waals surface area contributed by atoms with Crippen molar-refractivity contribution in [1.82, 2.24) is 10.1 Å². The van der Waals surface area contributed by atoms with Gasteiger partial charge in [0.15, 0.2) is 22.9 Å². The van der Waals surface area contributed by atoms with Gasteiger partial charge in [-0.15, -0.1) is 11.3 Å². The fraction of sp³-hybridized carbons (Fsp3) is 0.389. The van der Waals surface area contributed by atoms with Gasteiger partial charge >= 0.3 is 7.87 Å². The summed E-state index contributed by atoms with van der Waals surface area (Å²) in [6.45, 7) is 7.90. The van der Waals surface area contributed by atoms with Gasteiger partial charge < -0.3 is 15.2 Å². The highest BCUT2D eigenvalue weighted by atomic mass is 32.1. The molecule has 0 bridgehead atoms. The number of rotatable bonds is 6. The van der Waals surface area contributed by atoms with E-state index in [9.17, 15) is 10.00 Å². The first kappa shape index (κ1) is 19.7. The SMILES string of the molecule is COc1cc(C(CNc2cnc(C)s2)[P+]2(O)NC(C)=C(C)O2)cc(C)c1O. The Balaban J connectivity index is 1.96. The fourth-order valence-electron chi connectivity index (χ4n) is 2.97. The molecule has 9 heteroatoms. The van der Waals surface area contributed by atoms with Crippen LogP contribution in [0.5, 0.6) is 11.5 Å². The van der Waals surface area contributed by atoms with Crippen LogP contribution in [-0.4, -0.2) is 28.6 Å². The standard InChI is InChI=1S/C18H24N3O4PS/c1-10-6-14(7-15(24-5)18(10)22)16(8-20-17-9-19-13(4)27-17)26(23)21-11(2)12(3)25-26/h6-7,9,16,20-21,23H,8H2,1-5H3/p+1. The van der Waals surface area contributed by atoms with Gasteiger partial charge in [-0.05, 0) is 38.5 Å².